The van der Waals surface area contributed by atoms with Gasteiger partial charge in [0.15, 0.2) is 0 Å². The molecular formula is C12H15BrFN. The molecule has 0 aromatic heterocycles. The fourth-order valence-corrected chi connectivity index (χ4v) is 2.47. The summed E-state index contributed by atoms with van der Waals surface area (Å²) in [5.41, 5.74) is 0.890. The van der Waals surface area contributed by atoms with E-state index in [1.807, 2.05) is 24.3 Å². The second kappa shape index (κ2) is 4.62. The van der Waals surface area contributed by atoms with E-state index in [2.05, 4.69) is 21.2 Å². The lowest BCUT2D eigenvalue weighted by Crippen LogP contribution is -2.41. The number of piperidine rings is 1. The lowest BCUT2D eigenvalue weighted by molar-refractivity contribution is 0.237. The minimum Gasteiger partial charge on any atom is -0.317 e. The molecule has 0 aliphatic carbocycles. The van der Waals surface area contributed by atoms with Crippen molar-refractivity contribution in [3.05, 3.63) is 34.3 Å². The molecule has 1 N–H and O–H groups in total. The van der Waals surface area contributed by atoms with E-state index in [9.17, 15) is 4.39 Å². The molecule has 0 amide bonds. The number of hydrogen-bond donors (Lipinski definition) is 1. The van der Waals surface area contributed by atoms with E-state index in [0.29, 0.717) is 0 Å². The Morgan fingerprint density at radius 2 is 1.80 bits per heavy atom. The van der Waals surface area contributed by atoms with Crippen molar-refractivity contribution in [3.8, 4) is 0 Å². The van der Waals surface area contributed by atoms with E-state index in [-0.39, 0.29) is 12.1 Å². The molecule has 1 heterocycles. The highest BCUT2D eigenvalue weighted by Gasteiger charge is 2.33. The number of halogens is 2. The molecule has 0 bridgehead atoms. The summed E-state index contributed by atoms with van der Waals surface area (Å²) in [6.45, 7) is 1.58. The van der Waals surface area contributed by atoms with Crippen LogP contribution in [0, 0.1) is 0 Å². The van der Waals surface area contributed by atoms with Gasteiger partial charge in [-0.15, -0.1) is 0 Å². The van der Waals surface area contributed by atoms with E-state index in [4.69, 9.17) is 0 Å². The molecule has 1 aromatic rings. The average molecular weight is 272 g/mol. The van der Waals surface area contributed by atoms with Crippen LogP contribution in [0.5, 0.6) is 0 Å². The first kappa shape index (κ1) is 11.1. The third-order valence-corrected chi connectivity index (χ3v) is 3.80. The Labute approximate surface area is 98.2 Å². The third-order valence-electron chi connectivity index (χ3n) is 3.27. The van der Waals surface area contributed by atoms with Crippen molar-refractivity contribution >= 4 is 15.9 Å². The molecule has 82 valence electrons. The summed E-state index contributed by atoms with van der Waals surface area (Å²) in [6, 6.07) is 8.06. The second-order valence-electron chi connectivity index (χ2n) is 4.17. The lowest BCUT2D eigenvalue weighted by atomic mass is 9.74. The van der Waals surface area contributed by atoms with Crippen LogP contribution in [0.15, 0.2) is 28.7 Å². The fraction of sp³-hybridized carbons (Fsp3) is 0.500. The van der Waals surface area contributed by atoms with Crippen LogP contribution in [-0.2, 0) is 5.41 Å². The van der Waals surface area contributed by atoms with Gasteiger partial charge in [0.25, 0.3) is 0 Å². The van der Waals surface area contributed by atoms with Crippen molar-refractivity contribution in [1.29, 1.82) is 0 Å². The van der Waals surface area contributed by atoms with E-state index < -0.39 is 0 Å². The van der Waals surface area contributed by atoms with Crippen molar-refractivity contribution in [2.45, 2.75) is 18.3 Å². The Bertz CT molecular complexity index is 317. The number of rotatable bonds is 2. The van der Waals surface area contributed by atoms with E-state index in [0.717, 1.165) is 36.0 Å². The Balaban J connectivity index is 2.28. The Morgan fingerprint density at radius 1 is 1.20 bits per heavy atom. The molecule has 15 heavy (non-hydrogen) atoms. The lowest BCUT2D eigenvalue weighted by Gasteiger charge is -2.35. The third kappa shape index (κ3) is 2.23. The topological polar surface area (TPSA) is 12.0 Å². The summed E-state index contributed by atoms with van der Waals surface area (Å²) in [4.78, 5) is 0. The van der Waals surface area contributed by atoms with Gasteiger partial charge in [-0.3, -0.25) is 4.39 Å². The summed E-state index contributed by atoms with van der Waals surface area (Å²) >= 11 is 3.40. The van der Waals surface area contributed by atoms with Gasteiger partial charge in [0.1, 0.15) is 0 Å². The molecule has 0 radical (unpaired) electrons. The van der Waals surface area contributed by atoms with Gasteiger partial charge < -0.3 is 5.32 Å². The maximum atomic E-state index is 13.3. The molecule has 1 nitrogen and oxygen atoms in total. The van der Waals surface area contributed by atoms with Crippen molar-refractivity contribution in [1.82, 2.24) is 5.32 Å². The second-order valence-corrected chi connectivity index (χ2v) is 5.09. The largest absolute Gasteiger partial charge is 0.317 e. The SMILES string of the molecule is FCC1(c2ccc(Br)cc2)CCNCC1. The van der Waals surface area contributed by atoms with Gasteiger partial charge in [-0.25, -0.2) is 0 Å². The maximum Gasteiger partial charge on any atom is 0.0991 e. The van der Waals surface area contributed by atoms with Crippen LogP contribution in [0.25, 0.3) is 0 Å². The minimum atomic E-state index is -0.254. The zero-order valence-electron chi connectivity index (χ0n) is 8.60. The van der Waals surface area contributed by atoms with Gasteiger partial charge in [0, 0.05) is 9.89 Å². The van der Waals surface area contributed by atoms with E-state index in [1.54, 1.807) is 0 Å². The Hall–Kier alpha value is -0.410. The highest BCUT2D eigenvalue weighted by Crippen LogP contribution is 2.34. The highest BCUT2D eigenvalue weighted by molar-refractivity contribution is 9.10. The van der Waals surface area contributed by atoms with Crippen LogP contribution in [0.4, 0.5) is 4.39 Å². The van der Waals surface area contributed by atoms with E-state index in [1.165, 1.54) is 0 Å². The van der Waals surface area contributed by atoms with Gasteiger partial charge >= 0.3 is 0 Å². The Kier molecular flexibility index (Phi) is 3.42. The van der Waals surface area contributed by atoms with Crippen molar-refractivity contribution in [3.63, 3.8) is 0 Å². The quantitative estimate of drug-likeness (QED) is 0.872. The maximum absolute atomic E-state index is 13.3. The van der Waals surface area contributed by atoms with Gasteiger partial charge in [-0.1, -0.05) is 28.1 Å². The fourth-order valence-electron chi connectivity index (χ4n) is 2.21. The molecule has 1 aromatic carbocycles. The van der Waals surface area contributed by atoms with Crippen LogP contribution >= 0.6 is 15.9 Å². The normalized spacial score (nSPS) is 20.1. The number of alkyl halides is 1. The molecule has 1 aliphatic heterocycles. The molecule has 1 fully saturated rings. The first-order valence-corrected chi connectivity index (χ1v) is 6.09. The van der Waals surface area contributed by atoms with Crippen molar-refractivity contribution < 1.29 is 4.39 Å². The average Bonchev–Trinajstić information content (AvgIpc) is 2.31. The van der Waals surface area contributed by atoms with Gasteiger partial charge in [0.2, 0.25) is 0 Å². The molecule has 2 rings (SSSR count). The molecule has 0 spiro atoms. The first-order valence-electron chi connectivity index (χ1n) is 5.30. The van der Waals surface area contributed by atoms with Gasteiger partial charge in [-0.05, 0) is 43.6 Å². The highest BCUT2D eigenvalue weighted by atomic mass is 79.9. The number of nitrogens with one attached hydrogen (secondary N) is 1. The molecule has 3 heteroatoms. The zero-order valence-corrected chi connectivity index (χ0v) is 10.2. The predicted molar refractivity (Wildman–Crippen MR) is 63.9 cm³/mol. The van der Waals surface area contributed by atoms with Crippen LogP contribution in [0.1, 0.15) is 18.4 Å². The number of benzene rings is 1. The monoisotopic (exact) mass is 271 g/mol. The molecule has 0 unspecified atom stereocenters. The van der Waals surface area contributed by atoms with Gasteiger partial charge in [-0.2, -0.15) is 0 Å². The first-order chi connectivity index (χ1) is 7.27. The molecule has 1 aliphatic rings. The summed E-state index contributed by atoms with van der Waals surface area (Å²) in [5, 5.41) is 3.28. The summed E-state index contributed by atoms with van der Waals surface area (Å²) < 4.78 is 14.3. The summed E-state index contributed by atoms with van der Waals surface area (Å²) in [6.07, 6.45) is 1.79. The summed E-state index contributed by atoms with van der Waals surface area (Å²) in [7, 11) is 0. The summed E-state index contributed by atoms with van der Waals surface area (Å²) in [5.74, 6) is 0. The minimum absolute atomic E-state index is 0.244. The van der Waals surface area contributed by atoms with Crippen molar-refractivity contribution in [2.75, 3.05) is 19.8 Å². The Morgan fingerprint density at radius 3 is 2.33 bits per heavy atom. The van der Waals surface area contributed by atoms with Crippen LogP contribution in [0.3, 0.4) is 0 Å². The molecular weight excluding hydrogens is 257 g/mol. The number of hydrogen-bond acceptors (Lipinski definition) is 1. The van der Waals surface area contributed by atoms with Gasteiger partial charge in [0.05, 0.1) is 6.67 Å². The predicted octanol–water partition coefficient (Wildman–Crippen LogP) is 3.04. The van der Waals surface area contributed by atoms with Crippen molar-refractivity contribution in [2.24, 2.45) is 0 Å². The molecule has 0 saturated carbocycles. The van der Waals surface area contributed by atoms with Crippen LogP contribution < -0.4 is 5.32 Å². The van der Waals surface area contributed by atoms with E-state index >= 15 is 0 Å². The smallest absolute Gasteiger partial charge is 0.0991 e. The molecule has 0 atom stereocenters. The van der Waals surface area contributed by atoms with Crippen LogP contribution in [0.2, 0.25) is 0 Å². The zero-order chi connectivity index (χ0) is 10.7. The molecule has 1 saturated heterocycles. The standard InChI is InChI=1S/C12H15BrFN/c13-11-3-1-10(2-4-11)12(9-14)5-7-15-8-6-12/h1-4,15H,5-9H2. The van der Waals surface area contributed by atoms with Crippen LogP contribution in [-0.4, -0.2) is 19.8 Å².